The molecule has 0 atom stereocenters. The van der Waals surface area contributed by atoms with E-state index in [1.54, 1.807) is 0 Å². The number of aromatic nitrogens is 2. The van der Waals surface area contributed by atoms with Crippen molar-refractivity contribution >= 4 is 23.4 Å². The number of rotatable bonds is 3. The fourth-order valence-corrected chi connectivity index (χ4v) is 2.37. The number of hydrogen-bond acceptors (Lipinski definition) is 4. The van der Waals surface area contributed by atoms with Gasteiger partial charge in [0.2, 0.25) is 5.95 Å². The van der Waals surface area contributed by atoms with Crippen LogP contribution in [0.2, 0.25) is 0 Å². The van der Waals surface area contributed by atoms with Crippen molar-refractivity contribution in [1.29, 1.82) is 0 Å². The Morgan fingerprint density at radius 3 is 2.33 bits per heavy atom. The van der Waals surface area contributed by atoms with Gasteiger partial charge >= 0.3 is 6.03 Å². The first-order chi connectivity index (χ1) is 11.5. The van der Waals surface area contributed by atoms with E-state index in [4.69, 9.17) is 0 Å². The summed E-state index contributed by atoms with van der Waals surface area (Å²) in [4.78, 5) is 22.1. The maximum Gasteiger partial charge on any atom is 0.323 e. The van der Waals surface area contributed by atoms with Crippen LogP contribution in [0.4, 0.5) is 35.3 Å². The van der Waals surface area contributed by atoms with Gasteiger partial charge in [0.25, 0.3) is 0 Å². The van der Waals surface area contributed by atoms with E-state index >= 15 is 0 Å². The average Bonchev–Trinajstić information content (AvgIpc) is 3.11. The summed E-state index contributed by atoms with van der Waals surface area (Å²) < 4.78 is 39.5. The molecule has 6 nitrogen and oxygen atoms in total. The molecule has 2 heterocycles. The third-order valence-corrected chi connectivity index (χ3v) is 3.57. The number of carbonyl (C=O) groups excluding carboxylic acids is 1. The van der Waals surface area contributed by atoms with Gasteiger partial charge in [0.15, 0.2) is 17.5 Å². The van der Waals surface area contributed by atoms with Crippen LogP contribution < -0.4 is 15.5 Å². The summed E-state index contributed by atoms with van der Waals surface area (Å²) in [5.74, 6) is -3.87. The van der Waals surface area contributed by atoms with Gasteiger partial charge in [-0.3, -0.25) is 0 Å². The molecule has 0 aliphatic carbocycles. The zero-order chi connectivity index (χ0) is 17.1. The van der Waals surface area contributed by atoms with Crippen LogP contribution in [0.1, 0.15) is 12.8 Å². The van der Waals surface area contributed by atoms with Crippen LogP contribution >= 0.6 is 0 Å². The van der Waals surface area contributed by atoms with Gasteiger partial charge in [0, 0.05) is 13.1 Å². The average molecular weight is 337 g/mol. The van der Waals surface area contributed by atoms with E-state index < -0.39 is 29.2 Å². The third-order valence-electron chi connectivity index (χ3n) is 3.57. The lowest BCUT2D eigenvalue weighted by molar-refractivity contribution is 0.262. The molecule has 0 spiro atoms. The van der Waals surface area contributed by atoms with E-state index in [0.717, 1.165) is 38.1 Å². The van der Waals surface area contributed by atoms with Gasteiger partial charge in [-0.15, -0.1) is 0 Å². The predicted octanol–water partition coefficient (Wildman–Crippen LogP) is 3.14. The van der Waals surface area contributed by atoms with Gasteiger partial charge in [-0.25, -0.2) is 27.9 Å². The Bertz CT molecular complexity index is 748. The maximum absolute atomic E-state index is 13.5. The van der Waals surface area contributed by atoms with Crippen LogP contribution in [0.15, 0.2) is 24.5 Å². The van der Waals surface area contributed by atoms with Gasteiger partial charge < -0.3 is 15.5 Å². The second-order valence-corrected chi connectivity index (χ2v) is 5.27. The molecule has 2 aromatic rings. The monoisotopic (exact) mass is 337 g/mol. The van der Waals surface area contributed by atoms with Gasteiger partial charge in [-0.2, -0.15) is 0 Å². The molecule has 0 unspecified atom stereocenters. The van der Waals surface area contributed by atoms with Crippen molar-refractivity contribution in [3.05, 3.63) is 42.0 Å². The summed E-state index contributed by atoms with van der Waals surface area (Å²) in [6.45, 7) is 1.78. The molecule has 0 radical (unpaired) electrons. The van der Waals surface area contributed by atoms with E-state index in [2.05, 4.69) is 20.6 Å². The van der Waals surface area contributed by atoms with E-state index in [-0.39, 0.29) is 0 Å². The first-order valence-corrected chi connectivity index (χ1v) is 7.33. The minimum Gasteiger partial charge on any atom is -0.341 e. The van der Waals surface area contributed by atoms with Crippen LogP contribution in [0, 0.1) is 17.5 Å². The zero-order valence-corrected chi connectivity index (χ0v) is 12.5. The fraction of sp³-hybridized carbons (Fsp3) is 0.267. The summed E-state index contributed by atoms with van der Waals surface area (Å²) in [5.41, 5.74) is -0.181. The standard InChI is InChI=1S/C15H14F3N5O/c16-10-3-4-11(13(18)12(10)17)22-15(24)21-9-7-19-14(20-8-9)23-5-1-2-6-23/h3-4,7-8H,1-2,5-6H2,(H2,21,22,24). The minimum absolute atomic E-state index is 0.290. The molecule has 0 saturated carbocycles. The lowest BCUT2D eigenvalue weighted by Gasteiger charge is -2.15. The Hall–Kier alpha value is -2.84. The van der Waals surface area contributed by atoms with Crippen molar-refractivity contribution in [1.82, 2.24) is 9.97 Å². The van der Waals surface area contributed by atoms with Crippen LogP contribution in [-0.4, -0.2) is 29.1 Å². The predicted molar refractivity (Wildman–Crippen MR) is 82.4 cm³/mol. The topological polar surface area (TPSA) is 70.2 Å². The van der Waals surface area contributed by atoms with Gasteiger partial charge in [0.05, 0.1) is 23.8 Å². The van der Waals surface area contributed by atoms with Gasteiger partial charge in [-0.1, -0.05) is 0 Å². The van der Waals surface area contributed by atoms with Crippen molar-refractivity contribution in [3.63, 3.8) is 0 Å². The molecule has 1 aromatic heterocycles. The molecule has 1 aromatic carbocycles. The van der Waals surface area contributed by atoms with Crippen molar-refractivity contribution in [3.8, 4) is 0 Å². The minimum atomic E-state index is -1.65. The molecule has 1 aliphatic heterocycles. The highest BCUT2D eigenvalue weighted by Gasteiger charge is 2.16. The summed E-state index contributed by atoms with van der Waals surface area (Å²) in [6.07, 6.45) is 5.01. The summed E-state index contributed by atoms with van der Waals surface area (Å²) in [7, 11) is 0. The molecular weight excluding hydrogens is 323 g/mol. The SMILES string of the molecule is O=C(Nc1cnc(N2CCCC2)nc1)Nc1ccc(F)c(F)c1F. The van der Waals surface area contributed by atoms with E-state index in [9.17, 15) is 18.0 Å². The number of hydrogen-bond donors (Lipinski definition) is 2. The highest BCUT2D eigenvalue weighted by Crippen LogP contribution is 2.20. The smallest absolute Gasteiger partial charge is 0.323 e. The first kappa shape index (κ1) is 16.0. The van der Waals surface area contributed by atoms with Crippen LogP contribution in [0.5, 0.6) is 0 Å². The molecule has 24 heavy (non-hydrogen) atoms. The molecule has 3 rings (SSSR count). The van der Waals surface area contributed by atoms with E-state index in [1.165, 1.54) is 12.4 Å². The van der Waals surface area contributed by atoms with Crippen LogP contribution in [0.25, 0.3) is 0 Å². The molecule has 2 N–H and O–H groups in total. The lowest BCUT2D eigenvalue weighted by Crippen LogP contribution is -2.22. The number of anilines is 3. The highest BCUT2D eigenvalue weighted by atomic mass is 19.2. The molecule has 1 aliphatic rings. The van der Waals surface area contributed by atoms with Crippen molar-refractivity contribution in [2.24, 2.45) is 0 Å². The number of amides is 2. The first-order valence-electron chi connectivity index (χ1n) is 7.33. The normalized spacial score (nSPS) is 13.9. The Balaban J connectivity index is 1.63. The molecule has 1 fully saturated rings. The number of halogens is 3. The zero-order valence-electron chi connectivity index (χ0n) is 12.5. The van der Waals surface area contributed by atoms with Crippen molar-refractivity contribution in [2.75, 3.05) is 28.6 Å². The molecule has 1 saturated heterocycles. The summed E-state index contributed by atoms with van der Waals surface area (Å²) >= 11 is 0. The number of benzene rings is 1. The van der Waals surface area contributed by atoms with E-state index in [0.29, 0.717) is 11.6 Å². The number of urea groups is 1. The van der Waals surface area contributed by atoms with Crippen LogP contribution in [0.3, 0.4) is 0 Å². The van der Waals surface area contributed by atoms with Crippen molar-refractivity contribution < 1.29 is 18.0 Å². The Morgan fingerprint density at radius 1 is 1.00 bits per heavy atom. The second kappa shape index (κ2) is 6.73. The fourth-order valence-electron chi connectivity index (χ4n) is 2.37. The maximum atomic E-state index is 13.5. The van der Waals surface area contributed by atoms with E-state index in [1.807, 2.05) is 4.90 Å². The molecule has 9 heteroatoms. The number of nitrogens with zero attached hydrogens (tertiary/aromatic N) is 3. The highest BCUT2D eigenvalue weighted by molar-refractivity contribution is 5.99. The number of nitrogens with one attached hydrogen (secondary N) is 2. The lowest BCUT2D eigenvalue weighted by atomic mass is 10.3. The molecular formula is C15H14F3N5O. The van der Waals surface area contributed by atoms with Gasteiger partial charge in [-0.05, 0) is 25.0 Å². The van der Waals surface area contributed by atoms with Crippen LogP contribution in [-0.2, 0) is 0 Å². The molecule has 0 bridgehead atoms. The Morgan fingerprint density at radius 2 is 1.67 bits per heavy atom. The van der Waals surface area contributed by atoms with Crippen molar-refractivity contribution in [2.45, 2.75) is 12.8 Å². The second-order valence-electron chi connectivity index (χ2n) is 5.27. The Kier molecular flexibility index (Phi) is 4.50. The molecule has 126 valence electrons. The summed E-state index contributed by atoms with van der Waals surface area (Å²) in [5, 5.41) is 4.49. The molecule has 2 amide bonds. The Labute approximate surface area is 135 Å². The summed E-state index contributed by atoms with van der Waals surface area (Å²) in [6, 6.07) is 0.833. The largest absolute Gasteiger partial charge is 0.341 e. The van der Waals surface area contributed by atoms with Gasteiger partial charge in [0.1, 0.15) is 0 Å². The number of carbonyl (C=O) groups is 1. The third kappa shape index (κ3) is 3.39. The quantitative estimate of drug-likeness (QED) is 0.844.